The highest BCUT2D eigenvalue weighted by Crippen LogP contribution is 2.40. The Morgan fingerprint density at radius 3 is 2.61 bits per heavy atom. The Hall–Kier alpha value is -1.98. The van der Waals surface area contributed by atoms with E-state index < -0.39 is 11.6 Å². The molecule has 0 bridgehead atoms. The van der Waals surface area contributed by atoms with Gasteiger partial charge < -0.3 is 9.80 Å². The van der Waals surface area contributed by atoms with Crippen molar-refractivity contribution in [3.05, 3.63) is 30.1 Å². The highest BCUT2D eigenvalue weighted by atomic mass is 19.1. The van der Waals surface area contributed by atoms with Crippen molar-refractivity contribution in [2.24, 2.45) is 11.8 Å². The predicted octanol–water partition coefficient (Wildman–Crippen LogP) is 1.39. The van der Waals surface area contributed by atoms with E-state index in [1.165, 1.54) is 0 Å². The molecule has 3 aliphatic rings. The van der Waals surface area contributed by atoms with Crippen LogP contribution in [0.2, 0.25) is 0 Å². The molecule has 2 saturated heterocycles. The molecule has 0 aromatic carbocycles. The molecule has 2 atom stereocenters. The molecule has 6 heteroatoms. The minimum Gasteiger partial charge on any atom is -0.339 e. The summed E-state index contributed by atoms with van der Waals surface area (Å²) in [6, 6.07) is 3.81. The summed E-state index contributed by atoms with van der Waals surface area (Å²) in [5, 5.41) is 0. The van der Waals surface area contributed by atoms with E-state index in [0.29, 0.717) is 39.0 Å². The second-order valence-electron chi connectivity index (χ2n) is 6.97. The van der Waals surface area contributed by atoms with Crippen molar-refractivity contribution in [3.8, 4) is 0 Å². The number of halogens is 1. The molecule has 2 amide bonds. The number of hydrogen-bond acceptors (Lipinski definition) is 3. The maximum absolute atomic E-state index is 14.3. The van der Waals surface area contributed by atoms with Gasteiger partial charge in [-0.1, -0.05) is 0 Å². The third-order valence-electron chi connectivity index (χ3n) is 5.46. The second-order valence-corrected chi connectivity index (χ2v) is 6.97. The molecule has 1 aliphatic carbocycles. The van der Waals surface area contributed by atoms with Crippen LogP contribution < -0.4 is 0 Å². The van der Waals surface area contributed by atoms with E-state index in [1.54, 1.807) is 17.3 Å². The number of aromatic nitrogens is 1. The third kappa shape index (κ3) is 2.40. The van der Waals surface area contributed by atoms with Gasteiger partial charge in [0.1, 0.15) is 0 Å². The van der Waals surface area contributed by atoms with E-state index in [4.69, 9.17) is 0 Å². The lowest BCUT2D eigenvalue weighted by Gasteiger charge is -2.36. The van der Waals surface area contributed by atoms with Crippen molar-refractivity contribution < 1.29 is 14.0 Å². The first-order chi connectivity index (χ1) is 11.1. The predicted molar refractivity (Wildman–Crippen MR) is 80.9 cm³/mol. The molecule has 122 valence electrons. The van der Waals surface area contributed by atoms with Gasteiger partial charge in [-0.3, -0.25) is 14.6 Å². The zero-order valence-corrected chi connectivity index (χ0v) is 12.9. The second kappa shape index (κ2) is 5.28. The lowest BCUT2D eigenvalue weighted by Crippen LogP contribution is -2.50. The van der Waals surface area contributed by atoms with Gasteiger partial charge in [0.2, 0.25) is 5.91 Å². The van der Waals surface area contributed by atoms with E-state index in [9.17, 15) is 14.0 Å². The fourth-order valence-corrected chi connectivity index (χ4v) is 3.94. The van der Waals surface area contributed by atoms with Crippen LogP contribution in [0.5, 0.6) is 0 Å². The summed E-state index contributed by atoms with van der Waals surface area (Å²) in [5.41, 5.74) is -0.600. The number of amides is 2. The monoisotopic (exact) mass is 317 g/mol. The summed E-state index contributed by atoms with van der Waals surface area (Å²) >= 11 is 0. The van der Waals surface area contributed by atoms with E-state index in [0.717, 1.165) is 12.0 Å². The Bertz CT molecular complexity index is 632. The smallest absolute Gasteiger partial charge is 0.260 e. The normalized spacial score (nSPS) is 28.7. The maximum atomic E-state index is 14.3. The molecular formula is C17H20FN3O2. The first-order valence-corrected chi connectivity index (χ1v) is 8.23. The fourth-order valence-electron chi connectivity index (χ4n) is 3.94. The summed E-state index contributed by atoms with van der Waals surface area (Å²) in [5.74, 6) is -0.336. The Labute approximate surface area is 134 Å². The van der Waals surface area contributed by atoms with Crippen molar-refractivity contribution >= 4 is 11.8 Å². The molecule has 3 heterocycles. The van der Waals surface area contributed by atoms with Crippen LogP contribution in [0.25, 0.3) is 0 Å². The van der Waals surface area contributed by atoms with E-state index in [2.05, 4.69) is 4.98 Å². The van der Waals surface area contributed by atoms with Crippen LogP contribution in [0.3, 0.4) is 0 Å². The standard InChI is InChI=1S/C17H20FN3O2/c18-17(4-1-5-17)16(23)21-10-13-9-20(15(22)14(13)11-21)8-12-2-6-19-7-3-12/h2-3,6-7,13-14H,1,4-5,8-11H2/t13-,14+/m1/s1. The number of carbonyl (C=O) groups is 2. The lowest BCUT2D eigenvalue weighted by atomic mass is 9.81. The van der Waals surface area contributed by atoms with E-state index in [1.807, 2.05) is 17.0 Å². The molecule has 0 N–H and O–H groups in total. The Morgan fingerprint density at radius 1 is 1.26 bits per heavy atom. The number of rotatable bonds is 3. The van der Waals surface area contributed by atoms with Crippen LogP contribution in [0.1, 0.15) is 24.8 Å². The molecular weight excluding hydrogens is 297 g/mol. The first-order valence-electron chi connectivity index (χ1n) is 8.23. The summed E-state index contributed by atoms with van der Waals surface area (Å²) in [6.45, 7) is 2.11. The average Bonchev–Trinajstić information content (AvgIpc) is 3.06. The minimum absolute atomic E-state index is 0.0867. The van der Waals surface area contributed by atoms with Crippen molar-refractivity contribution in [1.29, 1.82) is 0 Å². The number of pyridine rings is 1. The van der Waals surface area contributed by atoms with Crippen LogP contribution in [0.4, 0.5) is 4.39 Å². The molecule has 0 radical (unpaired) electrons. The Kier molecular flexibility index (Phi) is 3.36. The van der Waals surface area contributed by atoms with Gasteiger partial charge in [0, 0.05) is 44.5 Å². The Balaban J connectivity index is 1.40. The maximum Gasteiger partial charge on any atom is 0.260 e. The molecule has 1 aromatic rings. The van der Waals surface area contributed by atoms with Crippen LogP contribution in [-0.2, 0) is 16.1 Å². The average molecular weight is 317 g/mol. The Morgan fingerprint density at radius 2 is 2.00 bits per heavy atom. The third-order valence-corrected chi connectivity index (χ3v) is 5.46. The van der Waals surface area contributed by atoms with E-state index in [-0.39, 0.29) is 17.7 Å². The van der Waals surface area contributed by atoms with Crippen molar-refractivity contribution in [1.82, 2.24) is 14.8 Å². The summed E-state index contributed by atoms with van der Waals surface area (Å²) in [6.07, 6.45) is 4.88. The molecule has 4 rings (SSSR count). The van der Waals surface area contributed by atoms with Crippen molar-refractivity contribution in [2.75, 3.05) is 19.6 Å². The summed E-state index contributed by atoms with van der Waals surface area (Å²) < 4.78 is 14.3. The van der Waals surface area contributed by atoms with Crippen molar-refractivity contribution in [2.45, 2.75) is 31.5 Å². The molecule has 2 aliphatic heterocycles. The number of nitrogens with zero attached hydrogens (tertiary/aromatic N) is 3. The summed E-state index contributed by atoms with van der Waals surface area (Å²) in [4.78, 5) is 32.3. The SMILES string of the molecule is O=C1[C@H]2CN(C(=O)C3(F)CCC3)C[C@H]2CN1Cc1ccncc1. The largest absolute Gasteiger partial charge is 0.339 e. The molecule has 5 nitrogen and oxygen atoms in total. The van der Waals surface area contributed by atoms with Gasteiger partial charge in [0.05, 0.1) is 5.92 Å². The zero-order chi connectivity index (χ0) is 16.0. The molecule has 0 unspecified atom stereocenters. The zero-order valence-electron chi connectivity index (χ0n) is 12.9. The van der Waals surface area contributed by atoms with Crippen LogP contribution in [0, 0.1) is 11.8 Å². The molecule has 0 spiro atoms. The van der Waals surface area contributed by atoms with E-state index >= 15 is 0 Å². The van der Waals surface area contributed by atoms with Crippen molar-refractivity contribution in [3.63, 3.8) is 0 Å². The lowest BCUT2D eigenvalue weighted by molar-refractivity contribution is -0.149. The fraction of sp³-hybridized carbons (Fsp3) is 0.588. The molecule has 3 fully saturated rings. The number of carbonyl (C=O) groups excluding carboxylic acids is 2. The highest BCUT2D eigenvalue weighted by Gasteiger charge is 2.53. The highest BCUT2D eigenvalue weighted by molar-refractivity contribution is 5.88. The van der Waals surface area contributed by atoms with Gasteiger partial charge in [0.15, 0.2) is 5.67 Å². The van der Waals surface area contributed by atoms with Crippen LogP contribution in [-0.4, -0.2) is 51.9 Å². The van der Waals surface area contributed by atoms with Gasteiger partial charge >= 0.3 is 0 Å². The van der Waals surface area contributed by atoms with Gasteiger partial charge in [-0.05, 0) is 37.0 Å². The topological polar surface area (TPSA) is 53.5 Å². The van der Waals surface area contributed by atoms with Gasteiger partial charge in [-0.25, -0.2) is 4.39 Å². The summed E-state index contributed by atoms with van der Waals surface area (Å²) in [7, 11) is 0. The van der Waals surface area contributed by atoms with Gasteiger partial charge in [0.25, 0.3) is 5.91 Å². The molecule has 1 saturated carbocycles. The number of alkyl halides is 1. The quantitative estimate of drug-likeness (QED) is 0.846. The van der Waals surface area contributed by atoms with Crippen LogP contribution >= 0.6 is 0 Å². The minimum atomic E-state index is -1.65. The molecule has 23 heavy (non-hydrogen) atoms. The van der Waals surface area contributed by atoms with Gasteiger partial charge in [-0.15, -0.1) is 0 Å². The number of fused-ring (bicyclic) bond motifs is 1. The number of hydrogen-bond donors (Lipinski definition) is 0. The molecule has 1 aromatic heterocycles. The number of likely N-dealkylation sites (tertiary alicyclic amines) is 2. The van der Waals surface area contributed by atoms with Gasteiger partial charge in [-0.2, -0.15) is 0 Å². The first kappa shape index (κ1) is 14.6. The van der Waals surface area contributed by atoms with Crippen LogP contribution in [0.15, 0.2) is 24.5 Å².